The van der Waals surface area contributed by atoms with Crippen molar-refractivity contribution in [2.75, 3.05) is 19.7 Å². The third-order valence-corrected chi connectivity index (χ3v) is 6.31. The van der Waals surface area contributed by atoms with Crippen molar-refractivity contribution in [2.24, 2.45) is 5.41 Å². The first-order chi connectivity index (χ1) is 15.5. The summed E-state index contributed by atoms with van der Waals surface area (Å²) in [6.07, 6.45) is 5.95. The van der Waals surface area contributed by atoms with Gasteiger partial charge in [0.05, 0.1) is 24.0 Å². The number of carbonyl (C=O) groups is 1. The molecule has 7 heteroatoms. The number of piperidine rings is 1. The zero-order chi connectivity index (χ0) is 22.6. The Labute approximate surface area is 189 Å². The van der Waals surface area contributed by atoms with Gasteiger partial charge in [-0.3, -0.25) is 9.69 Å². The van der Waals surface area contributed by atoms with Crippen LogP contribution < -0.4 is 0 Å². The van der Waals surface area contributed by atoms with Crippen molar-refractivity contribution in [3.8, 4) is 11.3 Å². The van der Waals surface area contributed by atoms with Crippen molar-refractivity contribution in [1.29, 1.82) is 0 Å². The highest BCUT2D eigenvalue weighted by Crippen LogP contribution is 2.36. The zero-order valence-corrected chi connectivity index (χ0v) is 19.2. The van der Waals surface area contributed by atoms with Gasteiger partial charge in [-0.25, -0.2) is 4.98 Å². The molecule has 0 radical (unpaired) electrons. The van der Waals surface area contributed by atoms with Crippen LogP contribution in [0.3, 0.4) is 0 Å². The molecule has 0 aliphatic carbocycles. The van der Waals surface area contributed by atoms with E-state index in [0.717, 1.165) is 49.4 Å². The number of nitrogens with zero attached hydrogens (tertiary/aromatic N) is 4. The van der Waals surface area contributed by atoms with Crippen molar-refractivity contribution in [3.63, 3.8) is 0 Å². The molecule has 1 saturated heterocycles. The van der Waals surface area contributed by atoms with Crippen LogP contribution in [-0.4, -0.2) is 45.3 Å². The molecule has 1 aromatic carbocycles. The fourth-order valence-electron chi connectivity index (χ4n) is 4.61. The Kier molecular flexibility index (Phi) is 6.74. The molecule has 3 heterocycles. The molecule has 32 heavy (non-hydrogen) atoms. The lowest BCUT2D eigenvalue weighted by atomic mass is 9.76. The maximum absolute atomic E-state index is 13.2. The molecule has 1 atom stereocenters. The van der Waals surface area contributed by atoms with Gasteiger partial charge in [0.2, 0.25) is 0 Å². The molecule has 0 spiro atoms. The Morgan fingerprint density at radius 2 is 2.06 bits per heavy atom. The number of esters is 1. The first kappa shape index (κ1) is 22.3. The summed E-state index contributed by atoms with van der Waals surface area (Å²) in [4.78, 5) is 19.8. The van der Waals surface area contributed by atoms with E-state index in [2.05, 4.69) is 45.6 Å². The molecule has 2 aromatic heterocycles. The maximum Gasteiger partial charge on any atom is 0.313 e. The summed E-state index contributed by atoms with van der Waals surface area (Å²) >= 11 is 0. The average molecular weight is 437 g/mol. The lowest BCUT2D eigenvalue weighted by molar-refractivity contribution is -0.159. The lowest BCUT2D eigenvalue weighted by Crippen LogP contribution is -2.49. The fraction of sp³-hybridized carbons (Fsp3) is 0.480. The molecule has 170 valence electrons. The quantitative estimate of drug-likeness (QED) is 0.492. The van der Waals surface area contributed by atoms with Crippen molar-refractivity contribution in [1.82, 2.24) is 19.6 Å². The van der Waals surface area contributed by atoms with Gasteiger partial charge in [0.1, 0.15) is 11.5 Å². The minimum absolute atomic E-state index is 0.151. The van der Waals surface area contributed by atoms with Crippen LogP contribution in [0, 0.1) is 12.3 Å². The van der Waals surface area contributed by atoms with Gasteiger partial charge in [-0.05, 0) is 40.2 Å². The molecule has 4 rings (SSSR count). The smallest absolute Gasteiger partial charge is 0.313 e. The predicted octanol–water partition coefficient (Wildman–Crippen LogP) is 4.25. The highest BCUT2D eigenvalue weighted by molar-refractivity contribution is 5.77. The van der Waals surface area contributed by atoms with Crippen molar-refractivity contribution in [2.45, 2.75) is 53.1 Å². The van der Waals surface area contributed by atoms with Crippen LogP contribution in [0.1, 0.15) is 43.7 Å². The summed E-state index contributed by atoms with van der Waals surface area (Å²) in [6.45, 7) is 9.61. The SMILES string of the molecule is CCOC(=O)C1(Cc2cc(-c3ccc(C)cc3)no2)CCCN(Cc2cncn2CC)C1. The van der Waals surface area contributed by atoms with Gasteiger partial charge in [-0.2, -0.15) is 0 Å². The summed E-state index contributed by atoms with van der Waals surface area (Å²) in [5.41, 5.74) is 3.52. The van der Waals surface area contributed by atoms with Crippen LogP contribution >= 0.6 is 0 Å². The van der Waals surface area contributed by atoms with E-state index in [4.69, 9.17) is 9.26 Å². The summed E-state index contributed by atoms with van der Waals surface area (Å²) in [5, 5.41) is 4.27. The first-order valence-electron chi connectivity index (χ1n) is 11.4. The van der Waals surface area contributed by atoms with E-state index in [0.29, 0.717) is 25.3 Å². The third kappa shape index (κ3) is 4.78. The van der Waals surface area contributed by atoms with Gasteiger partial charge < -0.3 is 13.8 Å². The van der Waals surface area contributed by atoms with Crippen molar-refractivity contribution >= 4 is 5.97 Å². The van der Waals surface area contributed by atoms with E-state index in [1.165, 1.54) is 5.56 Å². The minimum atomic E-state index is -0.643. The van der Waals surface area contributed by atoms with Crippen LogP contribution in [0.5, 0.6) is 0 Å². The lowest BCUT2D eigenvalue weighted by Gasteiger charge is -2.40. The standard InChI is InChI=1S/C25H32N4O3/c1-4-29-18-26-15-21(29)16-28-12-6-11-25(17-28,24(30)31-5-2)14-22-13-23(27-32-22)20-9-7-19(3)8-10-20/h7-10,13,15,18H,4-6,11-12,14,16-17H2,1-3H3. The fourth-order valence-corrected chi connectivity index (χ4v) is 4.61. The Bertz CT molecular complexity index is 1040. The summed E-state index contributed by atoms with van der Waals surface area (Å²) in [7, 11) is 0. The molecule has 0 N–H and O–H groups in total. The number of likely N-dealkylation sites (tertiary alicyclic amines) is 1. The maximum atomic E-state index is 13.2. The van der Waals surface area contributed by atoms with E-state index in [-0.39, 0.29) is 5.97 Å². The van der Waals surface area contributed by atoms with Gasteiger partial charge in [0.25, 0.3) is 0 Å². The topological polar surface area (TPSA) is 73.4 Å². The second-order valence-corrected chi connectivity index (χ2v) is 8.71. The second-order valence-electron chi connectivity index (χ2n) is 8.71. The monoisotopic (exact) mass is 436 g/mol. The second kappa shape index (κ2) is 9.69. The Balaban J connectivity index is 1.55. The predicted molar refractivity (Wildman–Crippen MR) is 122 cm³/mol. The van der Waals surface area contributed by atoms with E-state index >= 15 is 0 Å². The van der Waals surface area contributed by atoms with Gasteiger partial charge in [-0.15, -0.1) is 0 Å². The van der Waals surface area contributed by atoms with Crippen LogP contribution in [0.4, 0.5) is 0 Å². The molecule has 7 nitrogen and oxygen atoms in total. The first-order valence-corrected chi connectivity index (χ1v) is 11.4. The third-order valence-electron chi connectivity index (χ3n) is 6.31. The molecule has 1 fully saturated rings. The Hall–Kier alpha value is -2.93. The number of carbonyl (C=O) groups excluding carboxylic acids is 1. The number of hydrogen-bond donors (Lipinski definition) is 0. The highest BCUT2D eigenvalue weighted by atomic mass is 16.5. The van der Waals surface area contributed by atoms with Crippen LogP contribution in [0.25, 0.3) is 11.3 Å². The molecule has 0 amide bonds. The number of ether oxygens (including phenoxy) is 1. The normalized spacial score (nSPS) is 19.2. The van der Waals surface area contributed by atoms with E-state index in [9.17, 15) is 4.79 Å². The molecular formula is C25H32N4O3. The summed E-state index contributed by atoms with van der Waals surface area (Å²) in [5.74, 6) is 0.566. The number of rotatable bonds is 8. The van der Waals surface area contributed by atoms with Gasteiger partial charge in [-0.1, -0.05) is 35.0 Å². The van der Waals surface area contributed by atoms with E-state index in [1.807, 2.05) is 37.6 Å². The van der Waals surface area contributed by atoms with Crippen LogP contribution in [0.2, 0.25) is 0 Å². The summed E-state index contributed by atoms with van der Waals surface area (Å²) < 4.78 is 13.4. The molecule has 1 aliphatic heterocycles. The molecule has 1 unspecified atom stereocenters. The van der Waals surface area contributed by atoms with E-state index < -0.39 is 5.41 Å². The van der Waals surface area contributed by atoms with Crippen LogP contribution in [-0.2, 0) is 29.0 Å². The minimum Gasteiger partial charge on any atom is -0.466 e. The number of aryl methyl sites for hydroxylation is 2. The zero-order valence-electron chi connectivity index (χ0n) is 19.2. The number of aromatic nitrogens is 3. The molecule has 3 aromatic rings. The number of imidazole rings is 1. The van der Waals surface area contributed by atoms with Crippen LogP contribution in [0.15, 0.2) is 47.4 Å². The Morgan fingerprint density at radius 1 is 1.25 bits per heavy atom. The van der Waals surface area contributed by atoms with Crippen molar-refractivity contribution in [3.05, 3.63) is 59.9 Å². The molecular weight excluding hydrogens is 404 g/mol. The highest BCUT2D eigenvalue weighted by Gasteiger charge is 2.44. The summed E-state index contributed by atoms with van der Waals surface area (Å²) in [6, 6.07) is 10.2. The van der Waals surface area contributed by atoms with Gasteiger partial charge in [0, 0.05) is 43.9 Å². The average Bonchev–Trinajstić information content (AvgIpc) is 3.44. The molecule has 0 saturated carbocycles. The van der Waals surface area contributed by atoms with E-state index in [1.54, 1.807) is 0 Å². The van der Waals surface area contributed by atoms with Gasteiger partial charge >= 0.3 is 5.97 Å². The number of benzene rings is 1. The largest absolute Gasteiger partial charge is 0.466 e. The van der Waals surface area contributed by atoms with Gasteiger partial charge in [0.15, 0.2) is 0 Å². The Morgan fingerprint density at radius 3 is 2.81 bits per heavy atom. The van der Waals surface area contributed by atoms with Crippen molar-refractivity contribution < 1.29 is 14.1 Å². The number of hydrogen-bond acceptors (Lipinski definition) is 6. The molecule has 0 bridgehead atoms. The molecule has 1 aliphatic rings.